The molecule has 120 valence electrons. The summed E-state index contributed by atoms with van der Waals surface area (Å²) in [5.41, 5.74) is 0. The number of hydrogen-bond acceptors (Lipinski definition) is 5. The van der Waals surface area contributed by atoms with Crippen molar-refractivity contribution < 1.29 is 8.42 Å². The van der Waals surface area contributed by atoms with Crippen molar-refractivity contribution in [2.75, 3.05) is 20.1 Å². The molecule has 2 atom stereocenters. The van der Waals surface area contributed by atoms with E-state index >= 15 is 0 Å². The van der Waals surface area contributed by atoms with Crippen molar-refractivity contribution in [3.05, 3.63) is 16.6 Å². The Hall–Kier alpha value is -0.540. The van der Waals surface area contributed by atoms with Gasteiger partial charge in [-0.2, -0.15) is 17.4 Å². The molecule has 0 bridgehead atoms. The van der Waals surface area contributed by atoms with Gasteiger partial charge in [0.1, 0.15) is 5.01 Å². The number of likely N-dealkylation sites (N-methyl/N-ethyl adjacent to an activating group) is 1. The van der Waals surface area contributed by atoms with Crippen LogP contribution in [0.15, 0.2) is 11.6 Å². The van der Waals surface area contributed by atoms with Gasteiger partial charge in [0.2, 0.25) is 0 Å². The van der Waals surface area contributed by atoms with Crippen LogP contribution in [0.5, 0.6) is 0 Å². The van der Waals surface area contributed by atoms with Crippen molar-refractivity contribution >= 4 is 21.5 Å². The van der Waals surface area contributed by atoms with E-state index in [0.717, 1.165) is 24.3 Å². The highest BCUT2D eigenvalue weighted by Crippen LogP contribution is 2.24. The van der Waals surface area contributed by atoms with Gasteiger partial charge in [0.15, 0.2) is 0 Å². The molecule has 1 saturated heterocycles. The van der Waals surface area contributed by atoms with Gasteiger partial charge < -0.3 is 5.32 Å². The Morgan fingerprint density at radius 2 is 2.33 bits per heavy atom. The zero-order valence-electron chi connectivity index (χ0n) is 12.6. The summed E-state index contributed by atoms with van der Waals surface area (Å²) in [6, 6.07) is -0.206. The smallest absolute Gasteiger partial charge is 0.280 e. The first-order valence-electron chi connectivity index (χ1n) is 7.41. The van der Waals surface area contributed by atoms with Crippen LogP contribution in [-0.4, -0.2) is 43.9 Å². The third-order valence-electron chi connectivity index (χ3n) is 3.77. The largest absolute Gasteiger partial charge is 0.318 e. The third kappa shape index (κ3) is 4.23. The second kappa shape index (κ2) is 7.64. The molecule has 0 aromatic carbocycles. The third-order valence-corrected chi connectivity index (χ3v) is 6.34. The molecule has 6 nitrogen and oxygen atoms in total. The van der Waals surface area contributed by atoms with Crippen LogP contribution in [0.1, 0.15) is 43.7 Å². The predicted molar refractivity (Wildman–Crippen MR) is 85.5 cm³/mol. The van der Waals surface area contributed by atoms with Crippen molar-refractivity contribution in [3.63, 3.8) is 0 Å². The minimum Gasteiger partial charge on any atom is -0.318 e. The van der Waals surface area contributed by atoms with E-state index in [2.05, 4.69) is 15.0 Å². The summed E-state index contributed by atoms with van der Waals surface area (Å²) in [5.74, 6) is 0. The van der Waals surface area contributed by atoms with Crippen molar-refractivity contribution in [3.8, 4) is 0 Å². The molecule has 1 aromatic rings. The molecule has 21 heavy (non-hydrogen) atoms. The predicted octanol–water partition coefficient (Wildman–Crippen LogP) is 1.50. The molecule has 2 rings (SSSR count). The number of piperidine rings is 1. The highest BCUT2D eigenvalue weighted by Gasteiger charge is 2.33. The molecule has 0 spiro atoms. The fourth-order valence-electron chi connectivity index (χ4n) is 2.69. The minimum absolute atomic E-state index is 0.0371. The Morgan fingerprint density at radius 1 is 1.52 bits per heavy atom. The average molecular weight is 332 g/mol. The Morgan fingerprint density at radius 3 is 2.95 bits per heavy atom. The van der Waals surface area contributed by atoms with E-state index < -0.39 is 10.2 Å². The van der Waals surface area contributed by atoms with Gasteiger partial charge in [-0.1, -0.05) is 13.3 Å². The van der Waals surface area contributed by atoms with E-state index in [9.17, 15) is 8.42 Å². The molecule has 1 aliphatic rings. The Balaban J connectivity index is 2.12. The lowest BCUT2D eigenvalue weighted by atomic mass is 10.1. The lowest BCUT2D eigenvalue weighted by Gasteiger charge is -2.35. The number of nitrogens with one attached hydrogen (secondary N) is 2. The fourth-order valence-corrected chi connectivity index (χ4v) is 5.25. The molecule has 0 amide bonds. The average Bonchev–Trinajstić information content (AvgIpc) is 3.00. The van der Waals surface area contributed by atoms with E-state index in [0.29, 0.717) is 19.5 Å². The molecular weight excluding hydrogens is 308 g/mol. The second-order valence-electron chi connectivity index (χ2n) is 5.27. The summed E-state index contributed by atoms with van der Waals surface area (Å²) in [4.78, 5) is 4.23. The lowest BCUT2D eigenvalue weighted by Crippen LogP contribution is -2.52. The Labute approximate surface area is 131 Å². The number of rotatable bonds is 7. The van der Waals surface area contributed by atoms with Crippen molar-refractivity contribution in [2.45, 2.75) is 44.7 Å². The van der Waals surface area contributed by atoms with Gasteiger partial charge in [-0.15, -0.1) is 11.3 Å². The maximum absolute atomic E-state index is 12.7. The van der Waals surface area contributed by atoms with Crippen LogP contribution in [-0.2, 0) is 10.2 Å². The van der Waals surface area contributed by atoms with Crippen LogP contribution < -0.4 is 10.0 Å². The van der Waals surface area contributed by atoms with Crippen LogP contribution in [0.3, 0.4) is 0 Å². The van der Waals surface area contributed by atoms with Gasteiger partial charge in [-0.05, 0) is 26.3 Å². The van der Waals surface area contributed by atoms with Crippen molar-refractivity contribution in [1.82, 2.24) is 19.3 Å². The molecule has 2 N–H and O–H groups in total. The van der Waals surface area contributed by atoms with Crippen LogP contribution in [0, 0.1) is 0 Å². The molecular formula is C13H24N4O2S2. The number of aromatic nitrogens is 1. The van der Waals surface area contributed by atoms with Crippen molar-refractivity contribution in [1.29, 1.82) is 0 Å². The first kappa shape index (κ1) is 16.8. The van der Waals surface area contributed by atoms with E-state index in [-0.39, 0.29) is 12.1 Å². The highest BCUT2D eigenvalue weighted by atomic mass is 32.2. The lowest BCUT2D eigenvalue weighted by molar-refractivity contribution is 0.244. The monoisotopic (exact) mass is 332 g/mol. The van der Waals surface area contributed by atoms with E-state index in [1.54, 1.807) is 10.5 Å². The van der Waals surface area contributed by atoms with Gasteiger partial charge in [0, 0.05) is 30.7 Å². The normalized spacial score (nSPS) is 22.3. The van der Waals surface area contributed by atoms with Crippen molar-refractivity contribution in [2.24, 2.45) is 0 Å². The molecule has 8 heteroatoms. The summed E-state index contributed by atoms with van der Waals surface area (Å²) < 4.78 is 29.8. The van der Waals surface area contributed by atoms with Gasteiger partial charge >= 0.3 is 0 Å². The minimum atomic E-state index is -3.48. The SMILES string of the molecule is CCC(NS(=O)(=O)N1CCCCC1CNC)c1nccs1. The van der Waals surface area contributed by atoms with E-state index in [1.807, 2.05) is 19.4 Å². The Kier molecular flexibility index (Phi) is 6.12. The van der Waals surface area contributed by atoms with Gasteiger partial charge in [-0.3, -0.25) is 0 Å². The maximum Gasteiger partial charge on any atom is 0.280 e. The molecule has 2 unspecified atom stereocenters. The van der Waals surface area contributed by atoms with Crippen LogP contribution in [0.2, 0.25) is 0 Å². The van der Waals surface area contributed by atoms with Crippen LogP contribution in [0.25, 0.3) is 0 Å². The van der Waals surface area contributed by atoms with E-state index in [4.69, 9.17) is 0 Å². The molecule has 1 aromatic heterocycles. The maximum atomic E-state index is 12.7. The quantitative estimate of drug-likeness (QED) is 0.793. The highest BCUT2D eigenvalue weighted by molar-refractivity contribution is 7.87. The Bertz CT molecular complexity index is 516. The standard InChI is InChI=1S/C13H24N4O2S2/c1-3-12(13-15-7-9-20-13)16-21(18,19)17-8-5-4-6-11(17)10-14-2/h7,9,11-12,14,16H,3-6,8,10H2,1-2H3. The number of hydrogen-bond donors (Lipinski definition) is 2. The molecule has 1 aliphatic heterocycles. The van der Waals surface area contributed by atoms with Gasteiger partial charge in [0.25, 0.3) is 10.2 Å². The zero-order valence-corrected chi connectivity index (χ0v) is 14.2. The molecule has 0 saturated carbocycles. The molecule has 0 radical (unpaired) electrons. The van der Waals surface area contributed by atoms with Crippen LogP contribution >= 0.6 is 11.3 Å². The van der Waals surface area contributed by atoms with Gasteiger partial charge in [0.05, 0.1) is 6.04 Å². The summed E-state index contributed by atoms with van der Waals surface area (Å²) >= 11 is 1.49. The first-order chi connectivity index (χ1) is 10.1. The molecule has 2 heterocycles. The summed E-state index contributed by atoms with van der Waals surface area (Å²) in [7, 11) is -1.62. The summed E-state index contributed by atoms with van der Waals surface area (Å²) in [5, 5.41) is 5.78. The molecule has 1 fully saturated rings. The zero-order chi connectivity index (χ0) is 15.3. The van der Waals surface area contributed by atoms with Crippen LogP contribution in [0.4, 0.5) is 0 Å². The fraction of sp³-hybridized carbons (Fsp3) is 0.769. The number of nitrogens with zero attached hydrogens (tertiary/aromatic N) is 2. The van der Waals surface area contributed by atoms with E-state index in [1.165, 1.54) is 11.3 Å². The first-order valence-corrected chi connectivity index (χ1v) is 9.73. The van der Waals surface area contributed by atoms with Gasteiger partial charge in [-0.25, -0.2) is 4.98 Å². The molecule has 0 aliphatic carbocycles. The second-order valence-corrected chi connectivity index (χ2v) is 7.85. The summed E-state index contributed by atoms with van der Waals surface area (Å²) in [6.07, 6.45) is 5.33. The number of thiazole rings is 1. The summed E-state index contributed by atoms with van der Waals surface area (Å²) in [6.45, 7) is 3.25. The topological polar surface area (TPSA) is 74.3 Å².